The Morgan fingerprint density at radius 3 is 2.54 bits per heavy atom. The molecular weight excluding hydrogens is 304 g/mol. The van der Waals surface area contributed by atoms with E-state index in [4.69, 9.17) is 10.5 Å². The summed E-state index contributed by atoms with van der Waals surface area (Å²) in [6.45, 7) is 12.8. The minimum absolute atomic E-state index is 0.0138. The number of anilines is 2. The van der Waals surface area contributed by atoms with Gasteiger partial charge in [-0.25, -0.2) is 4.79 Å². The van der Waals surface area contributed by atoms with E-state index in [9.17, 15) is 4.79 Å². The molecule has 134 valence electrons. The van der Waals surface area contributed by atoms with Gasteiger partial charge in [-0.15, -0.1) is 0 Å². The second-order valence-electron chi connectivity index (χ2n) is 8.49. The van der Waals surface area contributed by atoms with Gasteiger partial charge in [-0.05, 0) is 38.7 Å². The van der Waals surface area contributed by atoms with Crippen molar-refractivity contribution in [2.24, 2.45) is 5.41 Å². The van der Waals surface area contributed by atoms with Gasteiger partial charge in [0.15, 0.2) is 0 Å². The zero-order valence-corrected chi connectivity index (χ0v) is 15.6. The molecule has 0 aromatic carbocycles. The van der Waals surface area contributed by atoms with Gasteiger partial charge in [0.25, 0.3) is 0 Å². The Bertz CT molecular complexity index is 589. The van der Waals surface area contributed by atoms with E-state index in [2.05, 4.69) is 31.1 Å². The fourth-order valence-electron chi connectivity index (χ4n) is 3.28. The van der Waals surface area contributed by atoms with Gasteiger partial charge in [0, 0.05) is 18.8 Å². The highest BCUT2D eigenvalue weighted by molar-refractivity contribution is 5.70. The molecule has 24 heavy (non-hydrogen) atoms. The summed E-state index contributed by atoms with van der Waals surface area (Å²) in [5, 5.41) is 3.50. The van der Waals surface area contributed by atoms with Crippen molar-refractivity contribution in [3.8, 4) is 0 Å². The molecule has 2 atom stereocenters. The predicted octanol–water partition coefficient (Wildman–Crippen LogP) is 3.50. The number of pyridine rings is 1. The number of nitrogens with one attached hydrogen (secondary N) is 1. The summed E-state index contributed by atoms with van der Waals surface area (Å²) in [4.78, 5) is 18.5. The van der Waals surface area contributed by atoms with Crippen LogP contribution in [0.15, 0.2) is 18.5 Å². The van der Waals surface area contributed by atoms with E-state index in [-0.39, 0.29) is 23.6 Å². The lowest BCUT2D eigenvalue weighted by Crippen LogP contribution is -2.51. The highest BCUT2D eigenvalue weighted by Crippen LogP contribution is 2.36. The van der Waals surface area contributed by atoms with Gasteiger partial charge in [0.2, 0.25) is 0 Å². The fraction of sp³-hybridized carbons (Fsp3) is 0.667. The first kappa shape index (κ1) is 18.4. The minimum Gasteiger partial charge on any atom is -0.444 e. The normalized spacial score (nSPS) is 21.7. The number of nitrogen functional groups attached to an aromatic ring is 1. The van der Waals surface area contributed by atoms with E-state index in [1.54, 1.807) is 12.4 Å². The van der Waals surface area contributed by atoms with E-state index in [1.807, 2.05) is 31.7 Å². The molecule has 0 bridgehead atoms. The maximum atomic E-state index is 12.6. The molecule has 2 heterocycles. The van der Waals surface area contributed by atoms with Gasteiger partial charge >= 0.3 is 6.09 Å². The van der Waals surface area contributed by atoms with E-state index >= 15 is 0 Å². The van der Waals surface area contributed by atoms with Crippen molar-refractivity contribution in [3.05, 3.63) is 18.5 Å². The number of hydrogen-bond donors (Lipinski definition) is 2. The topological polar surface area (TPSA) is 80.5 Å². The highest BCUT2D eigenvalue weighted by Gasteiger charge is 2.45. The van der Waals surface area contributed by atoms with Crippen LogP contribution in [-0.2, 0) is 4.74 Å². The number of likely N-dealkylation sites (tertiary alicyclic amines) is 1. The van der Waals surface area contributed by atoms with Crippen molar-refractivity contribution >= 4 is 17.5 Å². The summed E-state index contributed by atoms with van der Waals surface area (Å²) in [6, 6.07) is 1.99. The van der Waals surface area contributed by atoms with Crippen molar-refractivity contribution < 1.29 is 9.53 Å². The van der Waals surface area contributed by atoms with Crippen LogP contribution < -0.4 is 11.1 Å². The number of aromatic nitrogens is 1. The number of carbonyl (C=O) groups excluding carboxylic acids is 1. The van der Waals surface area contributed by atoms with E-state index in [1.165, 1.54) is 0 Å². The molecule has 1 fully saturated rings. The monoisotopic (exact) mass is 334 g/mol. The molecule has 1 unspecified atom stereocenters. The molecule has 6 nitrogen and oxygen atoms in total. The Kier molecular flexibility index (Phi) is 4.97. The summed E-state index contributed by atoms with van der Waals surface area (Å²) < 4.78 is 5.59. The molecule has 1 aromatic rings. The molecule has 1 aromatic heterocycles. The van der Waals surface area contributed by atoms with Crippen molar-refractivity contribution in [2.75, 3.05) is 17.6 Å². The average molecular weight is 334 g/mol. The van der Waals surface area contributed by atoms with Gasteiger partial charge < -0.3 is 20.7 Å². The number of hydrogen-bond acceptors (Lipinski definition) is 5. The Morgan fingerprint density at radius 1 is 1.33 bits per heavy atom. The maximum absolute atomic E-state index is 12.6. The molecule has 0 spiro atoms. The van der Waals surface area contributed by atoms with Crippen LogP contribution in [0.25, 0.3) is 0 Å². The number of amides is 1. The van der Waals surface area contributed by atoms with Gasteiger partial charge in [-0.3, -0.25) is 4.98 Å². The summed E-state index contributed by atoms with van der Waals surface area (Å²) >= 11 is 0. The van der Waals surface area contributed by atoms with Gasteiger partial charge in [0.1, 0.15) is 5.60 Å². The summed E-state index contributed by atoms with van der Waals surface area (Å²) in [6.07, 6.45) is 3.94. The van der Waals surface area contributed by atoms with Crippen LogP contribution in [0.4, 0.5) is 16.2 Å². The van der Waals surface area contributed by atoms with Crippen LogP contribution in [0.1, 0.15) is 48.0 Å². The fourth-order valence-corrected chi connectivity index (χ4v) is 3.28. The third kappa shape index (κ3) is 4.30. The first-order chi connectivity index (χ1) is 11.0. The smallest absolute Gasteiger partial charge is 0.410 e. The zero-order valence-electron chi connectivity index (χ0n) is 15.6. The SMILES string of the molecule is CC(C)(C)OC(=O)N1CCC(Nc2ccncc2N)[C@H]1C(C)(C)C. The first-order valence-electron chi connectivity index (χ1n) is 8.45. The molecule has 0 aliphatic carbocycles. The molecule has 0 saturated carbocycles. The average Bonchev–Trinajstić information content (AvgIpc) is 2.83. The van der Waals surface area contributed by atoms with Gasteiger partial charge in [-0.2, -0.15) is 0 Å². The van der Waals surface area contributed by atoms with E-state index < -0.39 is 5.60 Å². The Morgan fingerprint density at radius 2 is 2.00 bits per heavy atom. The second kappa shape index (κ2) is 6.49. The Labute approximate surface area is 144 Å². The van der Waals surface area contributed by atoms with Crippen molar-refractivity contribution in [2.45, 2.75) is 65.6 Å². The third-order valence-electron chi connectivity index (χ3n) is 4.11. The molecule has 6 heteroatoms. The lowest BCUT2D eigenvalue weighted by molar-refractivity contribution is 0.0114. The van der Waals surface area contributed by atoms with E-state index in [0.717, 1.165) is 12.1 Å². The molecule has 1 amide bonds. The second-order valence-corrected chi connectivity index (χ2v) is 8.49. The minimum atomic E-state index is -0.499. The highest BCUT2D eigenvalue weighted by atomic mass is 16.6. The molecule has 2 rings (SSSR count). The van der Waals surface area contributed by atoms with Crippen LogP contribution in [0.3, 0.4) is 0 Å². The van der Waals surface area contributed by atoms with Gasteiger partial charge in [0.05, 0.1) is 23.6 Å². The Balaban J connectivity index is 2.21. The van der Waals surface area contributed by atoms with Crippen LogP contribution >= 0.6 is 0 Å². The van der Waals surface area contributed by atoms with Crippen LogP contribution in [0, 0.1) is 5.41 Å². The van der Waals surface area contributed by atoms with Crippen molar-refractivity contribution in [1.29, 1.82) is 0 Å². The zero-order chi connectivity index (χ0) is 18.1. The third-order valence-corrected chi connectivity index (χ3v) is 4.11. The summed E-state index contributed by atoms with van der Waals surface area (Å²) in [5.74, 6) is 0. The van der Waals surface area contributed by atoms with Crippen LogP contribution in [0.2, 0.25) is 0 Å². The lowest BCUT2D eigenvalue weighted by atomic mass is 9.82. The number of carbonyl (C=O) groups is 1. The maximum Gasteiger partial charge on any atom is 0.410 e. The number of nitrogens with zero attached hydrogens (tertiary/aromatic N) is 2. The Hall–Kier alpha value is -1.98. The quantitative estimate of drug-likeness (QED) is 0.865. The molecule has 1 saturated heterocycles. The van der Waals surface area contributed by atoms with E-state index in [0.29, 0.717) is 12.2 Å². The van der Waals surface area contributed by atoms with Crippen LogP contribution in [0.5, 0.6) is 0 Å². The standard InChI is InChI=1S/C18H30N4O2/c1-17(2,3)15-14(21-13-7-9-20-11-12(13)19)8-10-22(15)16(23)24-18(4,5)6/h7,9,11,14-15H,8,10,19H2,1-6H3,(H,20,21)/t14?,15-/m0/s1. The summed E-state index contributed by atoms with van der Waals surface area (Å²) in [7, 11) is 0. The van der Waals surface area contributed by atoms with Crippen LogP contribution in [-0.4, -0.2) is 40.2 Å². The summed E-state index contributed by atoms with van der Waals surface area (Å²) in [5.41, 5.74) is 6.88. The molecular formula is C18H30N4O2. The number of nitrogens with two attached hydrogens (primary N) is 1. The van der Waals surface area contributed by atoms with Crippen molar-refractivity contribution in [1.82, 2.24) is 9.88 Å². The number of ether oxygens (including phenoxy) is 1. The largest absolute Gasteiger partial charge is 0.444 e. The van der Waals surface area contributed by atoms with Gasteiger partial charge in [-0.1, -0.05) is 20.8 Å². The van der Waals surface area contributed by atoms with Crippen molar-refractivity contribution in [3.63, 3.8) is 0 Å². The molecule has 3 N–H and O–H groups in total. The first-order valence-corrected chi connectivity index (χ1v) is 8.45. The molecule has 1 aliphatic heterocycles. The molecule has 1 aliphatic rings. The predicted molar refractivity (Wildman–Crippen MR) is 96.9 cm³/mol. The molecule has 0 radical (unpaired) electrons. The number of rotatable bonds is 2. The lowest BCUT2D eigenvalue weighted by Gasteiger charge is -2.39.